The summed E-state index contributed by atoms with van der Waals surface area (Å²) < 4.78 is 10.4. The van der Waals surface area contributed by atoms with Crippen molar-refractivity contribution in [2.24, 2.45) is 5.73 Å². The number of fused-ring (bicyclic) bond motifs is 1. The van der Waals surface area contributed by atoms with Crippen LogP contribution in [0.1, 0.15) is 22.9 Å². The highest BCUT2D eigenvalue weighted by molar-refractivity contribution is 5.33. The van der Waals surface area contributed by atoms with Crippen LogP contribution in [0.4, 0.5) is 0 Å². The van der Waals surface area contributed by atoms with Gasteiger partial charge in [-0.2, -0.15) is 0 Å². The van der Waals surface area contributed by atoms with Crippen molar-refractivity contribution in [1.82, 2.24) is 5.32 Å². The Labute approximate surface area is 138 Å². The second-order valence-electron chi connectivity index (χ2n) is 5.37. The van der Waals surface area contributed by atoms with Gasteiger partial charge in [-0.3, -0.25) is 5.32 Å². The summed E-state index contributed by atoms with van der Waals surface area (Å²) in [5, 5.41) is 3.30. The molecule has 0 spiro atoms. The number of rotatable bonds is 4. The molecule has 0 bridgehead atoms. The average molecular weight is 314 g/mol. The molecule has 23 heavy (non-hydrogen) atoms. The standard InChI is InChI=1S/C10H13NO.C9H13NO/c1-12-10-9-5-3-2-4-8(9)6-7-11-10;1-11-9-5-3-2-4-8(9)6-7-10/h2-5,10-11H,6-7H2,1H3;2-5H,6-7,10H2,1H3. The highest BCUT2D eigenvalue weighted by Gasteiger charge is 2.17. The quantitative estimate of drug-likeness (QED) is 0.911. The molecule has 0 aromatic heterocycles. The molecule has 0 amide bonds. The third-order valence-electron chi connectivity index (χ3n) is 3.90. The molecule has 0 saturated heterocycles. The minimum absolute atomic E-state index is 0.0925. The van der Waals surface area contributed by atoms with E-state index in [1.807, 2.05) is 24.3 Å². The smallest absolute Gasteiger partial charge is 0.134 e. The van der Waals surface area contributed by atoms with Gasteiger partial charge in [0.05, 0.1) is 7.11 Å². The molecule has 2 aromatic rings. The second kappa shape index (κ2) is 9.30. The number of benzene rings is 2. The Hall–Kier alpha value is -1.88. The maximum atomic E-state index is 5.43. The molecule has 3 rings (SSSR count). The summed E-state index contributed by atoms with van der Waals surface area (Å²) in [5.74, 6) is 0.929. The molecule has 2 aromatic carbocycles. The van der Waals surface area contributed by atoms with Crippen LogP contribution in [0.3, 0.4) is 0 Å². The maximum Gasteiger partial charge on any atom is 0.134 e. The Morgan fingerprint density at radius 1 is 1.09 bits per heavy atom. The Morgan fingerprint density at radius 2 is 1.83 bits per heavy atom. The van der Waals surface area contributed by atoms with Gasteiger partial charge in [0.15, 0.2) is 0 Å². The molecule has 1 heterocycles. The molecule has 0 aliphatic carbocycles. The van der Waals surface area contributed by atoms with Crippen molar-refractivity contribution in [2.75, 3.05) is 27.3 Å². The van der Waals surface area contributed by atoms with Gasteiger partial charge in [0.25, 0.3) is 0 Å². The number of ether oxygens (including phenoxy) is 2. The van der Waals surface area contributed by atoms with E-state index in [1.165, 1.54) is 16.7 Å². The number of nitrogens with one attached hydrogen (secondary N) is 1. The van der Waals surface area contributed by atoms with Crippen molar-refractivity contribution >= 4 is 0 Å². The van der Waals surface area contributed by atoms with Crippen LogP contribution in [0.2, 0.25) is 0 Å². The lowest BCUT2D eigenvalue weighted by Gasteiger charge is -2.25. The fourth-order valence-electron chi connectivity index (χ4n) is 2.74. The van der Waals surface area contributed by atoms with Crippen LogP contribution in [0.25, 0.3) is 0 Å². The SMILES string of the molecule is COC1NCCc2ccccc21.COc1ccccc1CCN. The molecule has 124 valence electrons. The van der Waals surface area contributed by atoms with Gasteiger partial charge < -0.3 is 15.2 Å². The second-order valence-corrected chi connectivity index (χ2v) is 5.37. The predicted molar refractivity (Wildman–Crippen MR) is 93.7 cm³/mol. The van der Waals surface area contributed by atoms with E-state index < -0.39 is 0 Å². The monoisotopic (exact) mass is 314 g/mol. The third-order valence-corrected chi connectivity index (χ3v) is 3.90. The van der Waals surface area contributed by atoms with E-state index in [1.54, 1.807) is 14.2 Å². The van der Waals surface area contributed by atoms with Gasteiger partial charge in [0.2, 0.25) is 0 Å². The fraction of sp³-hybridized carbons (Fsp3) is 0.368. The van der Waals surface area contributed by atoms with Crippen LogP contribution < -0.4 is 15.8 Å². The van der Waals surface area contributed by atoms with Crippen LogP contribution in [0, 0.1) is 0 Å². The Morgan fingerprint density at radius 3 is 2.57 bits per heavy atom. The summed E-state index contributed by atoms with van der Waals surface area (Å²) in [6, 6.07) is 16.4. The van der Waals surface area contributed by atoms with E-state index in [0.29, 0.717) is 6.54 Å². The highest BCUT2D eigenvalue weighted by Crippen LogP contribution is 2.22. The van der Waals surface area contributed by atoms with Crippen molar-refractivity contribution in [1.29, 1.82) is 0 Å². The zero-order chi connectivity index (χ0) is 16.5. The van der Waals surface area contributed by atoms with Crippen LogP contribution in [-0.4, -0.2) is 27.3 Å². The largest absolute Gasteiger partial charge is 0.496 e. The number of para-hydroxylation sites is 1. The van der Waals surface area contributed by atoms with E-state index >= 15 is 0 Å². The fourth-order valence-corrected chi connectivity index (χ4v) is 2.74. The summed E-state index contributed by atoms with van der Waals surface area (Å²) in [5.41, 5.74) is 9.30. The third kappa shape index (κ3) is 4.79. The molecule has 1 aliphatic heterocycles. The molecular weight excluding hydrogens is 288 g/mol. The lowest BCUT2D eigenvalue weighted by molar-refractivity contribution is 0.0685. The van der Waals surface area contributed by atoms with E-state index in [0.717, 1.165) is 25.1 Å². The molecule has 4 nitrogen and oxygen atoms in total. The number of nitrogens with two attached hydrogens (primary N) is 1. The zero-order valence-corrected chi connectivity index (χ0v) is 13.9. The van der Waals surface area contributed by atoms with E-state index in [2.05, 4.69) is 29.6 Å². The minimum atomic E-state index is 0.0925. The topological polar surface area (TPSA) is 56.5 Å². The van der Waals surface area contributed by atoms with E-state index in [-0.39, 0.29) is 6.23 Å². The number of hydrogen-bond donors (Lipinski definition) is 2. The van der Waals surface area contributed by atoms with E-state index in [4.69, 9.17) is 15.2 Å². The van der Waals surface area contributed by atoms with Crippen molar-refractivity contribution in [3.63, 3.8) is 0 Å². The van der Waals surface area contributed by atoms with Crippen molar-refractivity contribution < 1.29 is 9.47 Å². The Bertz CT molecular complexity index is 601. The lowest BCUT2D eigenvalue weighted by atomic mass is 10.00. The molecule has 1 atom stereocenters. The van der Waals surface area contributed by atoms with Crippen molar-refractivity contribution in [2.45, 2.75) is 19.1 Å². The van der Waals surface area contributed by atoms with Gasteiger partial charge in [-0.25, -0.2) is 0 Å². The number of methoxy groups -OCH3 is 2. The van der Waals surface area contributed by atoms with Crippen molar-refractivity contribution in [3.8, 4) is 5.75 Å². The summed E-state index contributed by atoms with van der Waals surface area (Å²) in [4.78, 5) is 0. The average Bonchev–Trinajstić information content (AvgIpc) is 2.62. The molecule has 1 unspecified atom stereocenters. The molecule has 1 aliphatic rings. The normalized spacial score (nSPS) is 16.0. The molecule has 0 saturated carbocycles. The molecule has 3 N–H and O–H groups in total. The summed E-state index contributed by atoms with van der Waals surface area (Å²) in [7, 11) is 3.41. The molecular formula is C19H26N2O2. The Balaban J connectivity index is 0.000000168. The van der Waals surface area contributed by atoms with Gasteiger partial charge in [-0.15, -0.1) is 0 Å². The summed E-state index contributed by atoms with van der Waals surface area (Å²) in [6.45, 7) is 1.68. The first kappa shape index (κ1) is 17.5. The van der Waals surface area contributed by atoms with Crippen LogP contribution >= 0.6 is 0 Å². The first-order valence-corrected chi connectivity index (χ1v) is 7.96. The highest BCUT2D eigenvalue weighted by atomic mass is 16.5. The van der Waals surface area contributed by atoms with Gasteiger partial charge in [-0.1, -0.05) is 42.5 Å². The van der Waals surface area contributed by atoms with Gasteiger partial charge in [0.1, 0.15) is 12.0 Å². The molecule has 0 fully saturated rings. The molecule has 4 heteroatoms. The van der Waals surface area contributed by atoms with Crippen LogP contribution in [-0.2, 0) is 17.6 Å². The van der Waals surface area contributed by atoms with Crippen LogP contribution in [0.5, 0.6) is 5.75 Å². The maximum absolute atomic E-state index is 5.43. The van der Waals surface area contributed by atoms with E-state index in [9.17, 15) is 0 Å². The van der Waals surface area contributed by atoms with Gasteiger partial charge in [0, 0.05) is 13.7 Å². The molecule has 0 radical (unpaired) electrons. The first-order chi connectivity index (χ1) is 11.3. The first-order valence-electron chi connectivity index (χ1n) is 7.96. The lowest BCUT2D eigenvalue weighted by Crippen LogP contribution is -2.30. The summed E-state index contributed by atoms with van der Waals surface area (Å²) >= 11 is 0. The minimum Gasteiger partial charge on any atom is -0.496 e. The Kier molecular flexibility index (Phi) is 7.07. The summed E-state index contributed by atoms with van der Waals surface area (Å²) in [6.07, 6.45) is 2.08. The predicted octanol–water partition coefficient (Wildman–Crippen LogP) is 2.67. The van der Waals surface area contributed by atoms with Gasteiger partial charge >= 0.3 is 0 Å². The van der Waals surface area contributed by atoms with Gasteiger partial charge in [-0.05, 0) is 42.1 Å². The van der Waals surface area contributed by atoms with Crippen molar-refractivity contribution in [3.05, 3.63) is 65.2 Å². The number of hydrogen-bond acceptors (Lipinski definition) is 4. The zero-order valence-electron chi connectivity index (χ0n) is 13.9. The van der Waals surface area contributed by atoms with Crippen LogP contribution in [0.15, 0.2) is 48.5 Å².